The van der Waals surface area contributed by atoms with Crippen LogP contribution in [0.15, 0.2) is 0 Å². The maximum atomic E-state index is 10.9. The smallest absolute Gasteiger partial charge is 0.225 e. The van der Waals surface area contributed by atoms with Crippen LogP contribution < -0.4 is 21.7 Å². The molecule has 6 N–H and O–H groups in total. The van der Waals surface area contributed by atoms with E-state index < -0.39 is 6.29 Å². The van der Waals surface area contributed by atoms with Gasteiger partial charge in [-0.25, -0.2) is 0 Å². The van der Waals surface area contributed by atoms with Crippen molar-refractivity contribution in [2.45, 2.75) is 18.9 Å². The minimum Gasteiger partial charge on any atom is -0.395 e. The van der Waals surface area contributed by atoms with Gasteiger partial charge in [0.05, 0.1) is 19.2 Å². The molecule has 0 aromatic heterocycles. The molecule has 1 rings (SSSR count). The zero-order chi connectivity index (χ0) is 8.97. The van der Waals surface area contributed by atoms with Crippen LogP contribution in [-0.4, -0.2) is 36.6 Å². The molecule has 0 aromatic carbocycles. The van der Waals surface area contributed by atoms with Crippen LogP contribution in [0.3, 0.4) is 0 Å². The molecule has 2 atom stereocenters. The predicted molar refractivity (Wildman–Crippen MR) is 42.7 cm³/mol. The summed E-state index contributed by atoms with van der Waals surface area (Å²) in [5, 5.41) is 16.9. The molecule has 70 valence electrons. The van der Waals surface area contributed by atoms with Crippen molar-refractivity contribution in [3.63, 3.8) is 0 Å². The summed E-state index contributed by atoms with van der Waals surface area (Å²) in [6.45, 7) is 0.507. The molecule has 1 fully saturated rings. The van der Waals surface area contributed by atoms with Crippen molar-refractivity contribution in [3.05, 3.63) is 0 Å². The SMILES string of the molecule is NC1NC(=O)CC(NCCO)N1. The minimum absolute atomic E-state index is 0.0506. The molecule has 0 saturated carbocycles. The van der Waals surface area contributed by atoms with Gasteiger partial charge in [-0.05, 0) is 0 Å². The lowest BCUT2D eigenvalue weighted by molar-refractivity contribution is -0.124. The Kier molecular flexibility index (Phi) is 3.42. The molecule has 12 heavy (non-hydrogen) atoms. The van der Waals surface area contributed by atoms with Gasteiger partial charge in [0.15, 0.2) is 0 Å². The summed E-state index contributed by atoms with van der Waals surface area (Å²) in [5.41, 5.74) is 5.44. The maximum absolute atomic E-state index is 10.9. The van der Waals surface area contributed by atoms with E-state index in [0.29, 0.717) is 13.0 Å². The summed E-state index contributed by atoms with van der Waals surface area (Å²) in [7, 11) is 0. The minimum atomic E-state index is -0.498. The third-order valence-electron chi connectivity index (χ3n) is 1.59. The highest BCUT2D eigenvalue weighted by molar-refractivity contribution is 5.77. The van der Waals surface area contributed by atoms with Crippen molar-refractivity contribution in [1.82, 2.24) is 16.0 Å². The largest absolute Gasteiger partial charge is 0.395 e. The van der Waals surface area contributed by atoms with Crippen LogP contribution in [0, 0.1) is 0 Å². The molecule has 1 heterocycles. The monoisotopic (exact) mass is 174 g/mol. The number of aliphatic hydroxyl groups is 1. The fraction of sp³-hybridized carbons (Fsp3) is 0.833. The van der Waals surface area contributed by atoms with Crippen molar-refractivity contribution < 1.29 is 9.90 Å². The van der Waals surface area contributed by atoms with Gasteiger partial charge in [-0.2, -0.15) is 0 Å². The number of nitrogens with one attached hydrogen (secondary N) is 3. The lowest BCUT2D eigenvalue weighted by atomic mass is 10.2. The topological polar surface area (TPSA) is 99.4 Å². The Morgan fingerprint density at radius 1 is 1.75 bits per heavy atom. The van der Waals surface area contributed by atoms with Crippen LogP contribution in [0.4, 0.5) is 0 Å². The first-order chi connectivity index (χ1) is 5.72. The molecular formula is C6H14N4O2. The molecule has 1 amide bonds. The third-order valence-corrected chi connectivity index (χ3v) is 1.59. The van der Waals surface area contributed by atoms with Crippen molar-refractivity contribution in [3.8, 4) is 0 Å². The highest BCUT2D eigenvalue weighted by atomic mass is 16.3. The van der Waals surface area contributed by atoms with Crippen LogP contribution in [0.25, 0.3) is 0 Å². The Labute approximate surface area is 70.5 Å². The van der Waals surface area contributed by atoms with Crippen molar-refractivity contribution in [1.29, 1.82) is 0 Å². The number of amides is 1. The lowest BCUT2D eigenvalue weighted by Crippen LogP contribution is -2.64. The molecule has 2 unspecified atom stereocenters. The average Bonchev–Trinajstić information content (AvgIpc) is 1.99. The average molecular weight is 174 g/mol. The van der Waals surface area contributed by atoms with Gasteiger partial charge >= 0.3 is 0 Å². The van der Waals surface area contributed by atoms with Gasteiger partial charge in [-0.1, -0.05) is 0 Å². The summed E-state index contributed by atoms with van der Waals surface area (Å²) in [4.78, 5) is 10.9. The lowest BCUT2D eigenvalue weighted by Gasteiger charge is -2.29. The van der Waals surface area contributed by atoms with Gasteiger partial charge in [0.2, 0.25) is 5.91 Å². The first-order valence-electron chi connectivity index (χ1n) is 3.87. The zero-order valence-corrected chi connectivity index (χ0v) is 6.71. The number of nitrogens with two attached hydrogens (primary N) is 1. The number of carbonyl (C=O) groups is 1. The predicted octanol–water partition coefficient (Wildman–Crippen LogP) is -2.75. The third kappa shape index (κ3) is 2.74. The van der Waals surface area contributed by atoms with Crippen LogP contribution >= 0.6 is 0 Å². The van der Waals surface area contributed by atoms with E-state index in [1.807, 2.05) is 0 Å². The van der Waals surface area contributed by atoms with Gasteiger partial charge < -0.3 is 10.4 Å². The number of aliphatic hydroxyl groups excluding tert-OH is 1. The van der Waals surface area contributed by atoms with Crippen molar-refractivity contribution in [2.24, 2.45) is 5.73 Å². The zero-order valence-electron chi connectivity index (χ0n) is 6.71. The van der Waals surface area contributed by atoms with E-state index in [2.05, 4.69) is 16.0 Å². The first kappa shape index (κ1) is 9.40. The van der Waals surface area contributed by atoms with Crippen LogP contribution in [0.2, 0.25) is 0 Å². The molecule has 0 bridgehead atoms. The van der Waals surface area contributed by atoms with E-state index in [-0.39, 0.29) is 18.7 Å². The second-order valence-corrected chi connectivity index (χ2v) is 2.65. The summed E-state index contributed by atoms with van der Waals surface area (Å²) in [6.07, 6.45) is -0.295. The standard InChI is InChI=1S/C6H14N4O2/c7-6-9-4(8-1-2-11)3-5(12)10-6/h4,6,8-9,11H,1-3,7H2,(H,10,12). The Hall–Kier alpha value is -0.690. The number of rotatable bonds is 3. The second-order valence-electron chi connectivity index (χ2n) is 2.65. The van der Waals surface area contributed by atoms with Gasteiger partial charge in [0.25, 0.3) is 0 Å². The van der Waals surface area contributed by atoms with E-state index in [1.165, 1.54) is 0 Å². The molecule has 1 aliphatic rings. The quantitative estimate of drug-likeness (QED) is 0.319. The van der Waals surface area contributed by atoms with Gasteiger partial charge in [0.1, 0.15) is 6.29 Å². The van der Waals surface area contributed by atoms with Gasteiger partial charge in [0, 0.05) is 6.54 Å². The van der Waals surface area contributed by atoms with E-state index >= 15 is 0 Å². The molecular weight excluding hydrogens is 160 g/mol. The summed E-state index contributed by atoms with van der Waals surface area (Å²) < 4.78 is 0. The van der Waals surface area contributed by atoms with E-state index in [1.54, 1.807) is 0 Å². The van der Waals surface area contributed by atoms with E-state index in [9.17, 15) is 4.79 Å². The Balaban J connectivity index is 2.29. The molecule has 0 radical (unpaired) electrons. The number of hydrogen-bond donors (Lipinski definition) is 5. The molecule has 0 aromatic rings. The molecule has 0 aliphatic carbocycles. The Morgan fingerprint density at radius 2 is 2.50 bits per heavy atom. The fourth-order valence-electron chi connectivity index (χ4n) is 1.10. The maximum Gasteiger partial charge on any atom is 0.225 e. The highest BCUT2D eigenvalue weighted by Crippen LogP contribution is 1.93. The molecule has 6 heteroatoms. The number of carbonyl (C=O) groups excluding carboxylic acids is 1. The summed E-state index contributed by atoms with van der Waals surface area (Å²) >= 11 is 0. The van der Waals surface area contributed by atoms with E-state index in [0.717, 1.165) is 0 Å². The first-order valence-corrected chi connectivity index (χ1v) is 3.87. The van der Waals surface area contributed by atoms with Crippen LogP contribution in [0.1, 0.15) is 6.42 Å². The Morgan fingerprint density at radius 3 is 3.08 bits per heavy atom. The molecule has 1 saturated heterocycles. The normalized spacial score (nSPS) is 30.0. The second kappa shape index (κ2) is 4.36. The highest BCUT2D eigenvalue weighted by Gasteiger charge is 2.21. The van der Waals surface area contributed by atoms with Gasteiger partial charge in [-0.3, -0.25) is 21.2 Å². The van der Waals surface area contributed by atoms with Crippen molar-refractivity contribution in [2.75, 3.05) is 13.2 Å². The van der Waals surface area contributed by atoms with Crippen LogP contribution in [-0.2, 0) is 4.79 Å². The molecule has 6 nitrogen and oxygen atoms in total. The van der Waals surface area contributed by atoms with Gasteiger partial charge in [-0.15, -0.1) is 0 Å². The summed E-state index contributed by atoms with van der Waals surface area (Å²) in [5.74, 6) is -0.0864. The molecule has 0 spiro atoms. The van der Waals surface area contributed by atoms with Crippen LogP contribution in [0.5, 0.6) is 0 Å². The number of hydrogen-bond acceptors (Lipinski definition) is 5. The molecule has 1 aliphatic heterocycles. The Bertz CT molecular complexity index is 164. The van der Waals surface area contributed by atoms with Crippen molar-refractivity contribution >= 4 is 5.91 Å². The summed E-state index contributed by atoms with van der Waals surface area (Å²) in [6, 6.07) is 0. The van der Waals surface area contributed by atoms with E-state index in [4.69, 9.17) is 10.8 Å². The fourth-order valence-corrected chi connectivity index (χ4v) is 1.10.